The van der Waals surface area contributed by atoms with E-state index in [4.69, 9.17) is 4.74 Å². The molecule has 0 saturated heterocycles. The van der Waals surface area contributed by atoms with Crippen LogP contribution in [0.5, 0.6) is 0 Å². The van der Waals surface area contributed by atoms with Crippen LogP contribution >= 0.6 is 0 Å². The third-order valence-electron chi connectivity index (χ3n) is 3.20. The smallest absolute Gasteiger partial charge is 0.149 e. The molecule has 2 aromatic rings. The maximum Gasteiger partial charge on any atom is 0.149 e. The SMILES string of the molecule is C=C(C)C(Nc1ccc(Nc2ccccc2)cc1)OCC(C)O. The van der Waals surface area contributed by atoms with E-state index in [2.05, 4.69) is 17.2 Å². The zero-order valence-corrected chi connectivity index (χ0v) is 13.6. The molecular weight excluding hydrogens is 288 g/mol. The summed E-state index contributed by atoms with van der Waals surface area (Å²) in [4.78, 5) is 0. The third kappa shape index (κ3) is 5.77. The highest BCUT2D eigenvalue weighted by Gasteiger charge is 2.11. The van der Waals surface area contributed by atoms with Gasteiger partial charge in [-0.25, -0.2) is 0 Å². The first-order chi connectivity index (χ1) is 11.0. The number of anilines is 3. The molecule has 0 aromatic heterocycles. The Morgan fingerprint density at radius 3 is 2.17 bits per heavy atom. The van der Waals surface area contributed by atoms with Crippen molar-refractivity contribution in [2.75, 3.05) is 17.2 Å². The van der Waals surface area contributed by atoms with E-state index in [1.165, 1.54) is 0 Å². The van der Waals surface area contributed by atoms with Crippen LogP contribution in [0.4, 0.5) is 17.1 Å². The van der Waals surface area contributed by atoms with Crippen molar-refractivity contribution in [2.24, 2.45) is 0 Å². The molecule has 3 N–H and O–H groups in total. The van der Waals surface area contributed by atoms with Gasteiger partial charge in [-0.1, -0.05) is 24.8 Å². The van der Waals surface area contributed by atoms with Crippen LogP contribution in [0.2, 0.25) is 0 Å². The summed E-state index contributed by atoms with van der Waals surface area (Å²) in [6.45, 7) is 7.77. The number of rotatable bonds is 8. The number of aliphatic hydroxyl groups is 1. The maximum absolute atomic E-state index is 9.33. The van der Waals surface area contributed by atoms with Gasteiger partial charge in [0, 0.05) is 17.1 Å². The van der Waals surface area contributed by atoms with E-state index in [-0.39, 0.29) is 12.8 Å². The molecule has 0 aliphatic carbocycles. The third-order valence-corrected chi connectivity index (χ3v) is 3.20. The van der Waals surface area contributed by atoms with Crippen molar-refractivity contribution in [2.45, 2.75) is 26.2 Å². The van der Waals surface area contributed by atoms with Crippen LogP contribution in [0.25, 0.3) is 0 Å². The fourth-order valence-corrected chi connectivity index (χ4v) is 2.03. The number of benzene rings is 2. The van der Waals surface area contributed by atoms with E-state index in [0.717, 1.165) is 22.6 Å². The standard InChI is InChI=1S/C19H24N2O2/c1-14(2)19(23-13-15(3)22)21-18-11-9-17(10-12-18)20-16-7-5-4-6-8-16/h4-12,15,19-22H,1,13H2,2-3H3. The lowest BCUT2D eigenvalue weighted by Gasteiger charge is -2.21. The molecule has 0 amide bonds. The van der Waals surface area contributed by atoms with Gasteiger partial charge in [0.1, 0.15) is 6.23 Å². The highest BCUT2D eigenvalue weighted by molar-refractivity contribution is 5.62. The van der Waals surface area contributed by atoms with Gasteiger partial charge in [0.2, 0.25) is 0 Å². The highest BCUT2D eigenvalue weighted by Crippen LogP contribution is 2.20. The summed E-state index contributed by atoms with van der Waals surface area (Å²) in [5.41, 5.74) is 3.85. The topological polar surface area (TPSA) is 53.5 Å². The lowest BCUT2D eigenvalue weighted by atomic mass is 10.2. The Kier molecular flexibility index (Phi) is 6.20. The maximum atomic E-state index is 9.33. The number of hydrogen-bond donors (Lipinski definition) is 3. The summed E-state index contributed by atoms with van der Waals surface area (Å²) < 4.78 is 5.62. The summed E-state index contributed by atoms with van der Waals surface area (Å²) in [7, 11) is 0. The molecule has 2 unspecified atom stereocenters. The first-order valence-corrected chi connectivity index (χ1v) is 7.68. The van der Waals surface area contributed by atoms with Gasteiger partial charge >= 0.3 is 0 Å². The van der Waals surface area contributed by atoms with Gasteiger partial charge in [-0.15, -0.1) is 0 Å². The Morgan fingerprint density at radius 2 is 1.61 bits per heavy atom. The quantitative estimate of drug-likeness (QED) is 0.506. The Labute approximate surface area is 137 Å². The van der Waals surface area contributed by atoms with Gasteiger partial charge in [-0.2, -0.15) is 0 Å². The minimum absolute atomic E-state index is 0.262. The van der Waals surface area contributed by atoms with E-state index in [1.807, 2.05) is 61.5 Å². The number of ether oxygens (including phenoxy) is 1. The zero-order valence-electron chi connectivity index (χ0n) is 13.6. The molecule has 0 bridgehead atoms. The summed E-state index contributed by atoms with van der Waals surface area (Å²) in [6, 6.07) is 18.0. The molecule has 0 radical (unpaired) electrons. The summed E-state index contributed by atoms with van der Waals surface area (Å²) in [6.07, 6.45) is -0.825. The number of hydrogen-bond acceptors (Lipinski definition) is 4. The van der Waals surface area contributed by atoms with Gasteiger partial charge in [0.05, 0.1) is 12.7 Å². The fourth-order valence-electron chi connectivity index (χ4n) is 2.03. The molecule has 122 valence electrons. The molecule has 0 fully saturated rings. The lowest BCUT2D eigenvalue weighted by molar-refractivity contribution is 0.0240. The Balaban J connectivity index is 1.96. The predicted octanol–water partition coefficient (Wildman–Crippen LogP) is 4.14. The molecule has 0 aliphatic rings. The van der Waals surface area contributed by atoms with Crippen molar-refractivity contribution >= 4 is 17.1 Å². The van der Waals surface area contributed by atoms with E-state index < -0.39 is 6.10 Å². The largest absolute Gasteiger partial charge is 0.391 e. The predicted molar refractivity (Wildman–Crippen MR) is 96.0 cm³/mol. The van der Waals surface area contributed by atoms with Crippen LogP contribution in [0, 0.1) is 0 Å². The lowest BCUT2D eigenvalue weighted by Crippen LogP contribution is -2.27. The average Bonchev–Trinajstić information content (AvgIpc) is 2.53. The van der Waals surface area contributed by atoms with Gasteiger partial charge in [0.15, 0.2) is 0 Å². The van der Waals surface area contributed by atoms with Crippen molar-refractivity contribution in [3.05, 3.63) is 66.7 Å². The van der Waals surface area contributed by atoms with Crippen LogP contribution in [0.1, 0.15) is 13.8 Å². The molecule has 0 saturated carbocycles. The second kappa shape index (κ2) is 8.36. The normalized spacial score (nSPS) is 13.2. The molecule has 0 aliphatic heterocycles. The van der Waals surface area contributed by atoms with Crippen molar-refractivity contribution in [3.8, 4) is 0 Å². The van der Waals surface area contributed by atoms with Crippen LogP contribution in [-0.2, 0) is 4.74 Å². The van der Waals surface area contributed by atoms with Crippen LogP contribution < -0.4 is 10.6 Å². The molecule has 2 aromatic carbocycles. The van der Waals surface area contributed by atoms with Gasteiger partial charge in [-0.3, -0.25) is 0 Å². The Bertz CT molecular complexity index is 609. The summed E-state index contributed by atoms with van der Waals surface area (Å²) in [5, 5.41) is 15.9. The number of nitrogens with one attached hydrogen (secondary N) is 2. The molecule has 2 rings (SSSR count). The van der Waals surface area contributed by atoms with Crippen LogP contribution in [-0.4, -0.2) is 24.0 Å². The number of para-hydroxylation sites is 1. The van der Waals surface area contributed by atoms with Crippen LogP contribution in [0.3, 0.4) is 0 Å². The minimum Gasteiger partial charge on any atom is -0.391 e. The van der Waals surface area contributed by atoms with E-state index in [1.54, 1.807) is 6.92 Å². The average molecular weight is 312 g/mol. The molecule has 0 heterocycles. The van der Waals surface area contributed by atoms with Crippen molar-refractivity contribution < 1.29 is 9.84 Å². The van der Waals surface area contributed by atoms with Crippen molar-refractivity contribution in [1.82, 2.24) is 0 Å². The molecule has 23 heavy (non-hydrogen) atoms. The molecule has 4 nitrogen and oxygen atoms in total. The van der Waals surface area contributed by atoms with Crippen molar-refractivity contribution in [3.63, 3.8) is 0 Å². The van der Waals surface area contributed by atoms with Gasteiger partial charge in [-0.05, 0) is 55.8 Å². The first-order valence-electron chi connectivity index (χ1n) is 7.68. The zero-order chi connectivity index (χ0) is 16.7. The molecule has 0 spiro atoms. The first kappa shape index (κ1) is 17.1. The molecule has 2 atom stereocenters. The van der Waals surface area contributed by atoms with Crippen molar-refractivity contribution in [1.29, 1.82) is 0 Å². The minimum atomic E-state index is -0.504. The second-order valence-electron chi connectivity index (χ2n) is 5.62. The molecular formula is C19H24N2O2. The molecule has 4 heteroatoms. The highest BCUT2D eigenvalue weighted by atomic mass is 16.5. The summed E-state index contributed by atoms with van der Waals surface area (Å²) in [5.74, 6) is 0. The summed E-state index contributed by atoms with van der Waals surface area (Å²) >= 11 is 0. The monoisotopic (exact) mass is 312 g/mol. The Hall–Kier alpha value is -2.30. The van der Waals surface area contributed by atoms with E-state index >= 15 is 0 Å². The van der Waals surface area contributed by atoms with E-state index in [9.17, 15) is 5.11 Å². The fraction of sp³-hybridized carbons (Fsp3) is 0.263. The number of aliphatic hydroxyl groups excluding tert-OH is 1. The van der Waals surface area contributed by atoms with Gasteiger partial charge in [0.25, 0.3) is 0 Å². The van der Waals surface area contributed by atoms with E-state index in [0.29, 0.717) is 0 Å². The Morgan fingerprint density at radius 1 is 1.04 bits per heavy atom. The van der Waals surface area contributed by atoms with Crippen LogP contribution in [0.15, 0.2) is 66.7 Å². The second-order valence-corrected chi connectivity index (χ2v) is 5.62. The van der Waals surface area contributed by atoms with Gasteiger partial charge < -0.3 is 20.5 Å².